The second-order valence-electron chi connectivity index (χ2n) is 6.80. The van der Waals surface area contributed by atoms with Gasteiger partial charge in [0.2, 0.25) is 5.91 Å². The minimum atomic E-state index is -2.66. The van der Waals surface area contributed by atoms with Crippen molar-refractivity contribution < 1.29 is 18.0 Å². The zero-order valence-corrected chi connectivity index (χ0v) is 14.9. The zero-order valence-electron chi connectivity index (χ0n) is 14.9. The second kappa shape index (κ2) is 7.49. The van der Waals surface area contributed by atoms with Gasteiger partial charge in [-0.1, -0.05) is 12.1 Å². The Morgan fingerprint density at radius 3 is 2.61 bits per heavy atom. The van der Waals surface area contributed by atoms with Gasteiger partial charge in [-0.25, -0.2) is 13.2 Å². The molecule has 1 saturated carbocycles. The summed E-state index contributed by atoms with van der Waals surface area (Å²) in [6.45, 7) is 0.280. The third-order valence-electron chi connectivity index (χ3n) is 4.51. The smallest absolute Gasteiger partial charge is 0.282 e. The van der Waals surface area contributed by atoms with Crippen LogP contribution in [0, 0.1) is 5.82 Å². The van der Waals surface area contributed by atoms with Crippen LogP contribution in [0.1, 0.15) is 42.1 Å². The molecule has 1 amide bonds. The van der Waals surface area contributed by atoms with E-state index in [-0.39, 0.29) is 24.0 Å². The first-order chi connectivity index (χ1) is 13.5. The molecule has 2 heterocycles. The lowest BCUT2D eigenvalue weighted by atomic mass is 10.2. The predicted molar refractivity (Wildman–Crippen MR) is 95.5 cm³/mol. The number of alkyl halides is 2. The van der Waals surface area contributed by atoms with E-state index in [2.05, 4.69) is 15.5 Å². The summed E-state index contributed by atoms with van der Waals surface area (Å²) in [6.07, 6.45) is 0.870. The summed E-state index contributed by atoms with van der Waals surface area (Å²) in [5.41, 5.74) is 1.23. The van der Waals surface area contributed by atoms with Crippen LogP contribution in [0.15, 0.2) is 42.6 Å². The van der Waals surface area contributed by atoms with Gasteiger partial charge in [-0.3, -0.25) is 14.2 Å². The van der Waals surface area contributed by atoms with Gasteiger partial charge in [0.25, 0.3) is 6.43 Å². The fourth-order valence-corrected chi connectivity index (χ4v) is 3.00. The molecule has 146 valence electrons. The molecule has 1 fully saturated rings. The third kappa shape index (κ3) is 4.24. The first-order valence-electron chi connectivity index (χ1n) is 8.91. The van der Waals surface area contributed by atoms with Gasteiger partial charge in [0.05, 0.1) is 6.54 Å². The van der Waals surface area contributed by atoms with Crippen molar-refractivity contribution >= 4 is 11.7 Å². The van der Waals surface area contributed by atoms with E-state index in [0.717, 1.165) is 18.4 Å². The Balaban J connectivity index is 1.39. The zero-order chi connectivity index (χ0) is 19.7. The van der Waals surface area contributed by atoms with E-state index in [4.69, 9.17) is 0 Å². The minimum Gasteiger partial charge on any atom is -0.308 e. The van der Waals surface area contributed by atoms with E-state index in [9.17, 15) is 18.0 Å². The number of benzene rings is 1. The molecule has 6 nitrogen and oxygen atoms in total. The van der Waals surface area contributed by atoms with Crippen molar-refractivity contribution in [3.05, 3.63) is 65.4 Å². The number of rotatable bonds is 7. The summed E-state index contributed by atoms with van der Waals surface area (Å²) >= 11 is 0. The predicted octanol–water partition coefficient (Wildman–Crippen LogP) is 3.72. The van der Waals surface area contributed by atoms with E-state index in [0.29, 0.717) is 18.1 Å². The summed E-state index contributed by atoms with van der Waals surface area (Å²) in [7, 11) is 0. The van der Waals surface area contributed by atoms with Gasteiger partial charge in [0.15, 0.2) is 5.82 Å². The lowest BCUT2D eigenvalue weighted by molar-refractivity contribution is -0.117. The topological polar surface area (TPSA) is 64.7 Å². The molecule has 0 saturated heterocycles. The van der Waals surface area contributed by atoms with Gasteiger partial charge in [-0.2, -0.15) is 10.2 Å². The number of amides is 1. The highest BCUT2D eigenvalue weighted by Gasteiger charge is 2.30. The Kier molecular flexibility index (Phi) is 4.89. The number of carbonyl (C=O) groups is 1. The molecule has 3 aromatic rings. The first kappa shape index (κ1) is 18.3. The molecule has 1 aliphatic rings. The van der Waals surface area contributed by atoms with Crippen LogP contribution in [0.25, 0.3) is 0 Å². The standard InChI is InChI=1S/C19H18F3N5O/c20-14-5-1-12(2-6-14)10-26-8-7-17(25-26)23-18(28)11-27-16(13-3-4-13)9-15(24-27)19(21)22/h1-2,5-9,13,19H,3-4,10-11H2,(H,23,25,28). The summed E-state index contributed by atoms with van der Waals surface area (Å²) < 4.78 is 41.8. The number of halogens is 3. The van der Waals surface area contributed by atoms with Crippen molar-refractivity contribution in [2.75, 3.05) is 5.32 Å². The number of hydrogen-bond acceptors (Lipinski definition) is 3. The molecule has 0 unspecified atom stereocenters. The average Bonchev–Trinajstić information content (AvgIpc) is 3.27. The van der Waals surface area contributed by atoms with Crippen molar-refractivity contribution in [3.8, 4) is 0 Å². The Hall–Kier alpha value is -3.10. The molecule has 0 radical (unpaired) electrons. The molecule has 9 heteroatoms. The molecule has 1 N–H and O–H groups in total. The summed E-state index contributed by atoms with van der Waals surface area (Å²) in [6, 6.07) is 9.08. The van der Waals surface area contributed by atoms with Crippen molar-refractivity contribution in [2.24, 2.45) is 0 Å². The van der Waals surface area contributed by atoms with Crippen LogP contribution in [-0.2, 0) is 17.9 Å². The maximum Gasteiger partial charge on any atom is 0.282 e. The van der Waals surface area contributed by atoms with Crippen LogP contribution in [0.2, 0.25) is 0 Å². The van der Waals surface area contributed by atoms with Crippen LogP contribution in [0.3, 0.4) is 0 Å². The largest absolute Gasteiger partial charge is 0.308 e. The number of aromatic nitrogens is 4. The van der Waals surface area contributed by atoms with Crippen LogP contribution < -0.4 is 5.32 Å². The fraction of sp³-hybridized carbons (Fsp3) is 0.316. The summed E-state index contributed by atoms with van der Waals surface area (Å²) in [4.78, 5) is 12.3. The molecule has 0 atom stereocenters. The van der Waals surface area contributed by atoms with E-state index in [1.54, 1.807) is 29.1 Å². The Morgan fingerprint density at radius 2 is 1.93 bits per heavy atom. The van der Waals surface area contributed by atoms with Gasteiger partial charge >= 0.3 is 0 Å². The van der Waals surface area contributed by atoms with E-state index in [1.165, 1.54) is 22.9 Å². The van der Waals surface area contributed by atoms with Gasteiger partial charge in [-0.15, -0.1) is 0 Å². The molecule has 1 aliphatic carbocycles. The molecule has 0 aliphatic heterocycles. The lowest BCUT2D eigenvalue weighted by Gasteiger charge is -2.06. The summed E-state index contributed by atoms with van der Waals surface area (Å²) in [5.74, 6) is -0.154. The van der Waals surface area contributed by atoms with Crippen LogP contribution >= 0.6 is 0 Å². The molecular formula is C19H18F3N5O. The molecule has 2 aromatic heterocycles. The molecule has 1 aromatic carbocycles. The highest BCUT2D eigenvalue weighted by atomic mass is 19.3. The number of nitrogens with one attached hydrogen (secondary N) is 1. The Morgan fingerprint density at radius 1 is 1.18 bits per heavy atom. The van der Waals surface area contributed by atoms with Crippen LogP contribution in [-0.4, -0.2) is 25.5 Å². The van der Waals surface area contributed by atoms with Crippen LogP contribution in [0.4, 0.5) is 19.0 Å². The van der Waals surface area contributed by atoms with Gasteiger partial charge < -0.3 is 5.32 Å². The number of carbonyl (C=O) groups excluding carboxylic acids is 1. The minimum absolute atomic E-state index is 0.149. The quantitative estimate of drug-likeness (QED) is 0.670. The van der Waals surface area contributed by atoms with Gasteiger partial charge in [0, 0.05) is 23.9 Å². The van der Waals surface area contributed by atoms with Crippen molar-refractivity contribution in [3.63, 3.8) is 0 Å². The monoisotopic (exact) mass is 389 g/mol. The second-order valence-corrected chi connectivity index (χ2v) is 6.80. The van der Waals surface area contributed by atoms with Gasteiger partial charge in [0.1, 0.15) is 18.1 Å². The van der Waals surface area contributed by atoms with Crippen molar-refractivity contribution in [1.29, 1.82) is 0 Å². The van der Waals surface area contributed by atoms with E-state index in [1.807, 2.05) is 0 Å². The lowest BCUT2D eigenvalue weighted by Crippen LogP contribution is -2.21. The summed E-state index contributed by atoms with van der Waals surface area (Å²) in [5, 5.41) is 10.8. The normalized spacial score (nSPS) is 13.9. The number of hydrogen-bond donors (Lipinski definition) is 1. The molecule has 28 heavy (non-hydrogen) atoms. The van der Waals surface area contributed by atoms with E-state index >= 15 is 0 Å². The third-order valence-corrected chi connectivity index (χ3v) is 4.51. The van der Waals surface area contributed by atoms with Gasteiger partial charge in [-0.05, 0) is 36.6 Å². The molecule has 0 bridgehead atoms. The highest BCUT2D eigenvalue weighted by molar-refractivity contribution is 5.89. The molecular weight excluding hydrogens is 371 g/mol. The average molecular weight is 389 g/mol. The van der Waals surface area contributed by atoms with E-state index < -0.39 is 12.3 Å². The van der Waals surface area contributed by atoms with Crippen LogP contribution in [0.5, 0.6) is 0 Å². The number of anilines is 1. The molecule has 4 rings (SSSR count). The SMILES string of the molecule is O=C(Cn1nc(C(F)F)cc1C1CC1)Nc1ccn(Cc2ccc(F)cc2)n1. The Bertz CT molecular complexity index is 976. The maximum atomic E-state index is 13.0. The fourth-order valence-electron chi connectivity index (χ4n) is 3.00. The highest BCUT2D eigenvalue weighted by Crippen LogP contribution is 2.41. The molecule has 0 spiro atoms. The maximum absolute atomic E-state index is 13.0. The first-order valence-corrected chi connectivity index (χ1v) is 8.91. The van der Waals surface area contributed by atoms with Crippen molar-refractivity contribution in [2.45, 2.75) is 38.3 Å². The number of nitrogens with zero attached hydrogens (tertiary/aromatic N) is 4. The van der Waals surface area contributed by atoms with Crippen molar-refractivity contribution in [1.82, 2.24) is 19.6 Å². The Labute approximate surface area is 159 Å².